The van der Waals surface area contributed by atoms with Crippen LogP contribution in [0.4, 0.5) is 4.39 Å². The lowest BCUT2D eigenvalue weighted by Gasteiger charge is -2.42. The second-order valence-electron chi connectivity index (χ2n) is 10.9. The van der Waals surface area contributed by atoms with E-state index in [0.717, 1.165) is 64.7 Å². The number of hydrogen-bond acceptors (Lipinski definition) is 4. The molecule has 7 heteroatoms. The van der Waals surface area contributed by atoms with Crippen molar-refractivity contribution in [1.82, 2.24) is 20.4 Å². The Hall–Kier alpha value is -1.21. The van der Waals surface area contributed by atoms with Crippen molar-refractivity contribution in [3.05, 3.63) is 0 Å². The van der Waals surface area contributed by atoms with Gasteiger partial charge in [0.05, 0.1) is 6.04 Å². The molecule has 0 aromatic rings. The second-order valence-corrected chi connectivity index (χ2v) is 10.9. The molecule has 0 bridgehead atoms. The summed E-state index contributed by atoms with van der Waals surface area (Å²) in [5.41, 5.74) is 0. The first-order chi connectivity index (χ1) is 15.0. The highest BCUT2D eigenvalue weighted by atomic mass is 19.1. The molecule has 0 aromatic heterocycles. The van der Waals surface area contributed by atoms with Crippen LogP contribution in [0, 0.1) is 17.8 Å². The van der Waals surface area contributed by atoms with Gasteiger partial charge in [-0.15, -0.1) is 0 Å². The third-order valence-corrected chi connectivity index (χ3v) is 8.72. The summed E-state index contributed by atoms with van der Waals surface area (Å²) in [6, 6.07) is 0.603. The standard InChI is InChI=1S/C24H39FN4O2/c1-15-5-8-20(25)19-14-21(27-22(15)19)23(30)26-17-3-2-4-18(13-17)28-9-11-29(12-10-28)24(31)16-6-7-16/h15-22,27H,2-14H2,1H3,(H,26,30)/t15?,17-,18-,19?,20?,21?,22?/m1/s1. The largest absolute Gasteiger partial charge is 0.352 e. The van der Waals surface area contributed by atoms with Crippen LogP contribution in [0.25, 0.3) is 0 Å². The molecule has 0 spiro atoms. The average molecular weight is 435 g/mol. The van der Waals surface area contributed by atoms with Crippen LogP contribution >= 0.6 is 0 Å². The maximum atomic E-state index is 14.4. The Morgan fingerprint density at radius 2 is 1.74 bits per heavy atom. The Balaban J connectivity index is 1.10. The van der Waals surface area contributed by atoms with Gasteiger partial charge < -0.3 is 15.5 Å². The molecule has 5 aliphatic rings. The minimum absolute atomic E-state index is 0.00625. The van der Waals surface area contributed by atoms with Gasteiger partial charge in [-0.1, -0.05) is 6.92 Å². The summed E-state index contributed by atoms with van der Waals surface area (Å²) < 4.78 is 14.4. The summed E-state index contributed by atoms with van der Waals surface area (Å²) in [6.07, 6.45) is 7.89. The van der Waals surface area contributed by atoms with E-state index in [0.29, 0.717) is 36.6 Å². The van der Waals surface area contributed by atoms with Crippen molar-refractivity contribution in [2.24, 2.45) is 17.8 Å². The van der Waals surface area contributed by atoms with Crippen LogP contribution in [0.3, 0.4) is 0 Å². The average Bonchev–Trinajstić information content (AvgIpc) is 3.53. The van der Waals surface area contributed by atoms with Gasteiger partial charge in [0.1, 0.15) is 6.17 Å². The van der Waals surface area contributed by atoms with Crippen LogP contribution in [-0.2, 0) is 9.59 Å². The molecule has 31 heavy (non-hydrogen) atoms. The minimum Gasteiger partial charge on any atom is -0.352 e. The summed E-state index contributed by atoms with van der Waals surface area (Å²) >= 11 is 0. The van der Waals surface area contributed by atoms with Crippen LogP contribution in [-0.4, -0.2) is 78.1 Å². The summed E-state index contributed by atoms with van der Waals surface area (Å²) in [6.45, 7) is 5.78. The molecule has 0 radical (unpaired) electrons. The Morgan fingerprint density at radius 3 is 2.45 bits per heavy atom. The van der Waals surface area contributed by atoms with E-state index in [-0.39, 0.29) is 30.0 Å². The molecular formula is C24H39FN4O2. The molecule has 3 aliphatic carbocycles. The Morgan fingerprint density at radius 1 is 0.968 bits per heavy atom. The van der Waals surface area contributed by atoms with Crippen molar-refractivity contribution in [1.29, 1.82) is 0 Å². The molecule has 2 aliphatic heterocycles. The van der Waals surface area contributed by atoms with Gasteiger partial charge >= 0.3 is 0 Å². The third-order valence-electron chi connectivity index (χ3n) is 8.72. The number of fused-ring (bicyclic) bond motifs is 1. The molecule has 6 nitrogen and oxygen atoms in total. The van der Waals surface area contributed by atoms with E-state index in [4.69, 9.17) is 0 Å². The van der Waals surface area contributed by atoms with Crippen LogP contribution in [0.1, 0.15) is 64.7 Å². The van der Waals surface area contributed by atoms with E-state index in [2.05, 4.69) is 27.4 Å². The van der Waals surface area contributed by atoms with E-state index in [1.54, 1.807) is 0 Å². The number of hydrogen-bond donors (Lipinski definition) is 2. The first-order valence-electron chi connectivity index (χ1n) is 12.7. The van der Waals surface area contributed by atoms with Gasteiger partial charge in [-0.3, -0.25) is 14.5 Å². The number of nitrogens with zero attached hydrogens (tertiary/aromatic N) is 2. The predicted octanol–water partition coefficient (Wildman–Crippen LogP) is 2.08. The predicted molar refractivity (Wildman–Crippen MR) is 117 cm³/mol. The molecule has 7 atom stereocenters. The molecule has 2 saturated heterocycles. The Kier molecular flexibility index (Phi) is 6.26. The number of carbonyl (C=O) groups is 2. The van der Waals surface area contributed by atoms with Crippen LogP contribution in [0.2, 0.25) is 0 Å². The topological polar surface area (TPSA) is 64.7 Å². The number of piperazine rings is 1. The monoisotopic (exact) mass is 434 g/mol. The molecule has 2 amide bonds. The first-order valence-corrected chi connectivity index (χ1v) is 12.7. The highest BCUT2D eigenvalue weighted by Crippen LogP contribution is 2.39. The molecule has 2 heterocycles. The van der Waals surface area contributed by atoms with E-state index >= 15 is 0 Å². The number of nitrogens with one attached hydrogen (secondary N) is 2. The van der Waals surface area contributed by atoms with E-state index in [9.17, 15) is 14.0 Å². The van der Waals surface area contributed by atoms with E-state index < -0.39 is 6.17 Å². The van der Waals surface area contributed by atoms with Crippen molar-refractivity contribution in [3.63, 3.8) is 0 Å². The second kappa shape index (κ2) is 8.97. The highest BCUT2D eigenvalue weighted by molar-refractivity contribution is 5.82. The fraction of sp³-hybridized carbons (Fsp3) is 0.917. The summed E-state index contributed by atoms with van der Waals surface area (Å²) in [7, 11) is 0. The maximum absolute atomic E-state index is 14.4. The number of halogens is 1. The fourth-order valence-corrected chi connectivity index (χ4v) is 6.62. The van der Waals surface area contributed by atoms with Crippen molar-refractivity contribution < 1.29 is 14.0 Å². The van der Waals surface area contributed by atoms with Crippen LogP contribution in [0.5, 0.6) is 0 Å². The Bertz CT molecular complexity index is 660. The zero-order chi connectivity index (χ0) is 21.5. The lowest BCUT2D eigenvalue weighted by Crippen LogP contribution is -2.55. The van der Waals surface area contributed by atoms with Crippen LogP contribution < -0.4 is 10.6 Å². The van der Waals surface area contributed by atoms with Gasteiger partial charge in [0, 0.05) is 56.1 Å². The Labute approximate surface area is 185 Å². The third kappa shape index (κ3) is 4.63. The van der Waals surface area contributed by atoms with Crippen molar-refractivity contribution in [2.75, 3.05) is 26.2 Å². The van der Waals surface area contributed by atoms with Gasteiger partial charge in [0.25, 0.3) is 0 Å². The zero-order valence-corrected chi connectivity index (χ0v) is 18.9. The molecular weight excluding hydrogens is 395 g/mol. The van der Waals surface area contributed by atoms with E-state index in [1.165, 1.54) is 6.42 Å². The maximum Gasteiger partial charge on any atom is 0.237 e. The molecule has 5 fully saturated rings. The van der Waals surface area contributed by atoms with E-state index in [1.807, 2.05) is 0 Å². The summed E-state index contributed by atoms with van der Waals surface area (Å²) in [5, 5.41) is 6.77. The zero-order valence-electron chi connectivity index (χ0n) is 18.9. The normalized spacial score (nSPS) is 41.6. The van der Waals surface area contributed by atoms with Crippen molar-refractivity contribution in [2.45, 2.75) is 95.1 Å². The summed E-state index contributed by atoms with van der Waals surface area (Å²) in [5.74, 6) is 1.18. The van der Waals surface area contributed by atoms with Gasteiger partial charge in [-0.2, -0.15) is 0 Å². The smallest absolute Gasteiger partial charge is 0.237 e. The number of carbonyl (C=O) groups excluding carboxylic acids is 2. The van der Waals surface area contributed by atoms with Crippen molar-refractivity contribution in [3.8, 4) is 0 Å². The number of rotatable bonds is 4. The minimum atomic E-state index is -0.768. The molecule has 5 rings (SSSR count). The number of amides is 2. The molecule has 2 N–H and O–H groups in total. The SMILES string of the molecule is CC1CCC(F)C2CC(C(=O)N[C@@H]3CCC[C@@H](N4CCN(C(=O)C5CC5)CC4)C3)NC12. The van der Waals surface area contributed by atoms with Gasteiger partial charge in [0.2, 0.25) is 11.8 Å². The molecule has 5 unspecified atom stereocenters. The van der Waals surface area contributed by atoms with Gasteiger partial charge in [0.15, 0.2) is 0 Å². The van der Waals surface area contributed by atoms with Gasteiger partial charge in [-0.05, 0) is 63.7 Å². The first kappa shape index (κ1) is 21.6. The van der Waals surface area contributed by atoms with Crippen molar-refractivity contribution >= 4 is 11.8 Å². The molecule has 0 aromatic carbocycles. The van der Waals surface area contributed by atoms with Crippen LogP contribution in [0.15, 0.2) is 0 Å². The lowest BCUT2D eigenvalue weighted by atomic mass is 9.77. The summed E-state index contributed by atoms with van der Waals surface area (Å²) in [4.78, 5) is 29.9. The highest BCUT2D eigenvalue weighted by Gasteiger charge is 2.46. The number of alkyl halides is 1. The quantitative estimate of drug-likeness (QED) is 0.711. The fourth-order valence-electron chi connectivity index (χ4n) is 6.62. The lowest BCUT2D eigenvalue weighted by molar-refractivity contribution is -0.135. The molecule has 174 valence electrons. The molecule has 3 saturated carbocycles. The van der Waals surface area contributed by atoms with Gasteiger partial charge in [-0.25, -0.2) is 4.39 Å².